The Morgan fingerprint density at radius 2 is 2.14 bits per heavy atom. The van der Waals surface area contributed by atoms with E-state index in [9.17, 15) is 4.39 Å². The number of aromatic nitrogens is 3. The first-order valence-electron chi connectivity index (χ1n) is 6.60. The van der Waals surface area contributed by atoms with Gasteiger partial charge in [0.1, 0.15) is 11.5 Å². The molecule has 0 aliphatic carbocycles. The van der Waals surface area contributed by atoms with E-state index in [1.807, 2.05) is 35.9 Å². The Labute approximate surface area is 130 Å². The number of halogens is 2. The van der Waals surface area contributed by atoms with E-state index in [1.165, 1.54) is 12.3 Å². The minimum absolute atomic E-state index is 0.0298. The third-order valence-electron chi connectivity index (χ3n) is 3.25. The van der Waals surface area contributed by atoms with Crippen LogP contribution < -0.4 is 5.32 Å². The van der Waals surface area contributed by atoms with E-state index >= 15 is 0 Å². The summed E-state index contributed by atoms with van der Waals surface area (Å²) >= 11 is 3.44. The molecule has 0 radical (unpaired) electrons. The molecule has 0 bridgehead atoms. The van der Waals surface area contributed by atoms with Crippen molar-refractivity contribution in [1.82, 2.24) is 19.7 Å². The first-order valence-corrected chi connectivity index (χ1v) is 7.39. The Bertz CT molecular complexity index is 754. The van der Waals surface area contributed by atoms with Gasteiger partial charge in [-0.1, -0.05) is 0 Å². The highest BCUT2D eigenvalue weighted by Crippen LogP contribution is 2.14. The molecule has 1 unspecified atom stereocenters. The number of hydrogen-bond donors (Lipinski definition) is 1. The van der Waals surface area contributed by atoms with Crippen LogP contribution in [0.25, 0.3) is 5.65 Å². The van der Waals surface area contributed by atoms with Crippen LogP contribution in [0.1, 0.15) is 24.4 Å². The van der Waals surface area contributed by atoms with Crippen molar-refractivity contribution < 1.29 is 4.39 Å². The number of nitrogens with one attached hydrogen (secondary N) is 1. The third-order valence-corrected chi connectivity index (χ3v) is 3.72. The summed E-state index contributed by atoms with van der Waals surface area (Å²) in [4.78, 5) is 8.61. The average molecular weight is 349 g/mol. The highest BCUT2D eigenvalue weighted by atomic mass is 79.9. The summed E-state index contributed by atoms with van der Waals surface area (Å²) in [7, 11) is 0. The summed E-state index contributed by atoms with van der Waals surface area (Å²) in [5.74, 6) is -0.322. The van der Waals surface area contributed by atoms with E-state index in [0.29, 0.717) is 6.54 Å². The van der Waals surface area contributed by atoms with Gasteiger partial charge in [0.25, 0.3) is 0 Å². The van der Waals surface area contributed by atoms with Crippen LogP contribution in [0.15, 0.2) is 47.3 Å². The zero-order valence-corrected chi connectivity index (χ0v) is 13.0. The zero-order chi connectivity index (χ0) is 14.8. The molecule has 0 fully saturated rings. The lowest BCUT2D eigenvalue weighted by atomic mass is 10.2. The molecular formula is C15H14BrFN4. The number of hydrogen-bond acceptors (Lipinski definition) is 3. The van der Waals surface area contributed by atoms with Crippen molar-refractivity contribution in [3.8, 4) is 0 Å². The fraction of sp³-hybridized carbons (Fsp3) is 0.200. The molecule has 1 N–H and O–H groups in total. The maximum Gasteiger partial charge on any atom is 0.141 e. The van der Waals surface area contributed by atoms with Gasteiger partial charge in [-0.25, -0.2) is 9.37 Å². The lowest BCUT2D eigenvalue weighted by Gasteiger charge is -2.11. The van der Waals surface area contributed by atoms with Crippen LogP contribution in [-0.4, -0.2) is 14.4 Å². The maximum absolute atomic E-state index is 12.9. The van der Waals surface area contributed by atoms with Gasteiger partial charge in [-0.15, -0.1) is 0 Å². The van der Waals surface area contributed by atoms with E-state index in [1.54, 1.807) is 6.07 Å². The van der Waals surface area contributed by atoms with Crippen molar-refractivity contribution in [3.63, 3.8) is 0 Å². The van der Waals surface area contributed by atoms with Crippen molar-refractivity contribution in [2.45, 2.75) is 19.5 Å². The Balaban J connectivity index is 1.69. The van der Waals surface area contributed by atoms with Crippen LogP contribution in [-0.2, 0) is 6.54 Å². The molecule has 3 aromatic heterocycles. The molecule has 108 valence electrons. The van der Waals surface area contributed by atoms with Gasteiger partial charge in [0, 0.05) is 29.5 Å². The number of fused-ring (bicyclic) bond motifs is 1. The first-order chi connectivity index (χ1) is 10.1. The quantitative estimate of drug-likeness (QED) is 0.784. The highest BCUT2D eigenvalue weighted by Gasteiger charge is 2.08. The van der Waals surface area contributed by atoms with Gasteiger partial charge in [-0.2, -0.15) is 0 Å². The fourth-order valence-electron chi connectivity index (χ4n) is 2.11. The van der Waals surface area contributed by atoms with Gasteiger partial charge >= 0.3 is 0 Å². The topological polar surface area (TPSA) is 42.2 Å². The zero-order valence-electron chi connectivity index (χ0n) is 11.4. The molecule has 0 aliphatic rings. The van der Waals surface area contributed by atoms with Crippen LogP contribution >= 0.6 is 15.9 Å². The monoisotopic (exact) mass is 348 g/mol. The Hall–Kier alpha value is -1.79. The van der Waals surface area contributed by atoms with Crippen LogP contribution in [0, 0.1) is 5.82 Å². The molecule has 3 aromatic rings. The first kappa shape index (κ1) is 14.2. The largest absolute Gasteiger partial charge is 0.306 e. The van der Waals surface area contributed by atoms with Crippen LogP contribution in [0.2, 0.25) is 0 Å². The lowest BCUT2D eigenvalue weighted by Crippen LogP contribution is -2.19. The number of rotatable bonds is 4. The second kappa shape index (κ2) is 5.91. The molecule has 0 saturated carbocycles. The molecule has 0 spiro atoms. The Morgan fingerprint density at radius 3 is 2.90 bits per heavy atom. The SMILES string of the molecule is CC(NCc1cn2cc(Br)ccc2n1)c1ccc(F)cn1. The molecule has 4 nitrogen and oxygen atoms in total. The van der Waals surface area contributed by atoms with E-state index in [0.717, 1.165) is 21.5 Å². The third kappa shape index (κ3) is 3.28. The molecule has 21 heavy (non-hydrogen) atoms. The highest BCUT2D eigenvalue weighted by molar-refractivity contribution is 9.10. The summed E-state index contributed by atoms with van der Waals surface area (Å²) in [5, 5.41) is 3.34. The average Bonchev–Trinajstić information content (AvgIpc) is 2.87. The molecule has 3 rings (SSSR count). The minimum Gasteiger partial charge on any atom is -0.306 e. The molecule has 0 aromatic carbocycles. The molecular weight excluding hydrogens is 335 g/mol. The van der Waals surface area contributed by atoms with Gasteiger partial charge in [0.15, 0.2) is 0 Å². The summed E-state index contributed by atoms with van der Waals surface area (Å²) in [5.41, 5.74) is 2.66. The van der Waals surface area contributed by atoms with E-state index in [4.69, 9.17) is 0 Å². The summed E-state index contributed by atoms with van der Waals surface area (Å²) in [6.07, 6.45) is 5.19. The number of imidazole rings is 1. The van der Waals surface area contributed by atoms with Crippen molar-refractivity contribution in [2.24, 2.45) is 0 Å². The molecule has 0 amide bonds. The summed E-state index contributed by atoms with van der Waals surface area (Å²) in [6.45, 7) is 2.62. The minimum atomic E-state index is -0.322. The molecule has 1 atom stereocenters. The molecule has 0 saturated heterocycles. The van der Waals surface area contributed by atoms with Gasteiger partial charge in [0.05, 0.1) is 17.6 Å². The van der Waals surface area contributed by atoms with Gasteiger partial charge in [0.2, 0.25) is 0 Å². The standard InChI is InChI=1S/C15H14BrFN4/c1-10(14-4-3-12(17)6-19-14)18-7-13-9-21-8-11(16)2-5-15(21)20-13/h2-6,8-10,18H,7H2,1H3. The normalized spacial score (nSPS) is 12.7. The summed E-state index contributed by atoms with van der Waals surface area (Å²) < 4.78 is 15.8. The second-order valence-corrected chi connectivity index (χ2v) is 5.76. The Morgan fingerprint density at radius 1 is 1.29 bits per heavy atom. The Kier molecular flexibility index (Phi) is 3.98. The van der Waals surface area contributed by atoms with Crippen LogP contribution in [0.4, 0.5) is 4.39 Å². The van der Waals surface area contributed by atoms with Crippen molar-refractivity contribution in [1.29, 1.82) is 0 Å². The van der Waals surface area contributed by atoms with Crippen molar-refractivity contribution in [3.05, 3.63) is 64.5 Å². The predicted molar refractivity (Wildman–Crippen MR) is 82.3 cm³/mol. The fourth-order valence-corrected chi connectivity index (χ4v) is 2.46. The van der Waals surface area contributed by atoms with Crippen molar-refractivity contribution in [2.75, 3.05) is 0 Å². The summed E-state index contributed by atoms with van der Waals surface area (Å²) in [6, 6.07) is 7.06. The van der Waals surface area contributed by atoms with Gasteiger partial charge in [-0.05, 0) is 47.1 Å². The molecule has 0 aliphatic heterocycles. The molecule has 3 heterocycles. The smallest absolute Gasteiger partial charge is 0.141 e. The van der Waals surface area contributed by atoms with Crippen LogP contribution in [0.5, 0.6) is 0 Å². The van der Waals surface area contributed by atoms with Gasteiger partial charge in [-0.3, -0.25) is 4.98 Å². The maximum atomic E-state index is 12.9. The van der Waals surface area contributed by atoms with Crippen molar-refractivity contribution >= 4 is 21.6 Å². The van der Waals surface area contributed by atoms with E-state index < -0.39 is 0 Å². The molecule has 6 heteroatoms. The number of nitrogens with zero attached hydrogens (tertiary/aromatic N) is 3. The second-order valence-electron chi connectivity index (χ2n) is 4.85. The van der Waals surface area contributed by atoms with E-state index in [2.05, 4.69) is 31.2 Å². The lowest BCUT2D eigenvalue weighted by molar-refractivity contribution is 0.550. The number of pyridine rings is 2. The van der Waals surface area contributed by atoms with Crippen LogP contribution in [0.3, 0.4) is 0 Å². The predicted octanol–water partition coefficient (Wildman–Crippen LogP) is 3.48. The van der Waals surface area contributed by atoms with Gasteiger partial charge < -0.3 is 9.72 Å². The van der Waals surface area contributed by atoms with E-state index in [-0.39, 0.29) is 11.9 Å².